The molecule has 7 heteroatoms. The number of benzene rings is 1. The zero-order chi connectivity index (χ0) is 12.8. The van der Waals surface area contributed by atoms with Gasteiger partial charge in [0.25, 0.3) is 0 Å². The quantitative estimate of drug-likeness (QED) is 0.788. The molecule has 17 heavy (non-hydrogen) atoms. The minimum absolute atomic E-state index is 0.300. The molecule has 0 N–H and O–H groups in total. The van der Waals surface area contributed by atoms with Crippen LogP contribution in [0.3, 0.4) is 0 Å². The lowest BCUT2D eigenvalue weighted by Gasteiger charge is -2.16. The summed E-state index contributed by atoms with van der Waals surface area (Å²) >= 11 is 5.99. The first-order chi connectivity index (χ1) is 7.66. The van der Waals surface area contributed by atoms with E-state index in [4.69, 9.17) is 31.8 Å². The van der Waals surface area contributed by atoms with Crippen molar-refractivity contribution < 1.29 is 17.9 Å². The Morgan fingerprint density at radius 2 is 1.94 bits per heavy atom. The third kappa shape index (κ3) is 2.97. The van der Waals surface area contributed by atoms with E-state index < -0.39 is 14.8 Å². The third-order valence-electron chi connectivity index (χ3n) is 2.11. The Morgan fingerprint density at radius 3 is 2.53 bits per heavy atom. The van der Waals surface area contributed by atoms with Gasteiger partial charge in [0.2, 0.25) is 14.8 Å². The third-order valence-corrected chi connectivity index (χ3v) is 3.40. The van der Waals surface area contributed by atoms with Crippen LogP contribution in [0.4, 0.5) is 0 Å². The first-order valence-corrected chi connectivity index (χ1v) is 7.65. The van der Waals surface area contributed by atoms with Crippen LogP contribution in [0.1, 0.15) is 19.4 Å². The van der Waals surface area contributed by atoms with Gasteiger partial charge in [-0.3, -0.25) is 0 Å². The molecule has 94 valence electrons. The van der Waals surface area contributed by atoms with Crippen LogP contribution in [0.25, 0.3) is 0 Å². The van der Waals surface area contributed by atoms with E-state index in [0.29, 0.717) is 22.1 Å². The average Bonchev–Trinajstić information content (AvgIpc) is 2.36. The number of hydrogen-bond donors (Lipinski definition) is 0. The number of fused-ring (bicyclic) bond motifs is 1. The van der Waals surface area contributed by atoms with Gasteiger partial charge in [-0.05, 0) is 17.7 Å². The summed E-state index contributed by atoms with van der Waals surface area (Å²) in [5.41, 5.74) is 0.463. The van der Waals surface area contributed by atoms with Crippen LogP contribution >= 0.6 is 22.3 Å². The Bertz CT molecular complexity index is 566. The summed E-state index contributed by atoms with van der Waals surface area (Å²) in [7, 11) is 1.56. The summed E-state index contributed by atoms with van der Waals surface area (Å²) in [5.74, 6) is -0.249. The van der Waals surface area contributed by atoms with Gasteiger partial charge in [0, 0.05) is 24.5 Å². The minimum Gasteiger partial charge on any atom is -0.449 e. The summed E-state index contributed by atoms with van der Waals surface area (Å²) < 4.78 is 32.9. The number of ether oxygens (including phenoxy) is 2. The van der Waals surface area contributed by atoms with Crippen molar-refractivity contribution in [3.05, 3.63) is 22.7 Å². The maximum absolute atomic E-state index is 11.0. The summed E-state index contributed by atoms with van der Waals surface area (Å²) in [6.45, 7) is 3.47. The predicted molar refractivity (Wildman–Crippen MR) is 65.3 cm³/mol. The molecule has 0 aliphatic carbocycles. The van der Waals surface area contributed by atoms with Crippen molar-refractivity contribution in [3.8, 4) is 11.5 Å². The topological polar surface area (TPSA) is 52.6 Å². The van der Waals surface area contributed by atoms with Crippen molar-refractivity contribution in [2.75, 3.05) is 0 Å². The minimum atomic E-state index is -3.62. The first kappa shape index (κ1) is 12.8. The number of rotatable bonds is 2. The van der Waals surface area contributed by atoms with Crippen molar-refractivity contribution in [3.63, 3.8) is 0 Å². The first-order valence-electron chi connectivity index (χ1n) is 4.79. The van der Waals surface area contributed by atoms with Crippen molar-refractivity contribution in [1.82, 2.24) is 0 Å². The molecule has 2 rings (SSSR count). The van der Waals surface area contributed by atoms with E-state index in [9.17, 15) is 8.42 Å². The predicted octanol–water partition coefficient (Wildman–Crippen LogP) is 2.92. The van der Waals surface area contributed by atoms with E-state index in [-0.39, 0.29) is 5.75 Å². The van der Waals surface area contributed by atoms with Gasteiger partial charge in [-0.2, -0.15) is 0 Å². The molecular formula is C10H10Cl2O4S. The van der Waals surface area contributed by atoms with Crippen LogP contribution in [0, 0.1) is 0 Å². The molecule has 0 spiro atoms. The zero-order valence-corrected chi connectivity index (χ0v) is 11.5. The molecule has 0 atom stereocenters. The van der Waals surface area contributed by atoms with Gasteiger partial charge in [-0.25, -0.2) is 8.42 Å². The van der Waals surface area contributed by atoms with Gasteiger partial charge in [-0.1, -0.05) is 11.6 Å². The molecule has 0 saturated carbocycles. The Labute approximate surface area is 109 Å². The molecule has 0 fully saturated rings. The molecule has 0 unspecified atom stereocenters. The second kappa shape index (κ2) is 3.93. The second-order valence-electron chi connectivity index (χ2n) is 4.19. The van der Waals surface area contributed by atoms with Gasteiger partial charge in [-0.15, -0.1) is 0 Å². The van der Waals surface area contributed by atoms with E-state index in [1.165, 1.54) is 6.07 Å². The summed E-state index contributed by atoms with van der Waals surface area (Å²) in [6, 6.07) is 3.07. The lowest BCUT2D eigenvalue weighted by atomic mass is 10.2. The van der Waals surface area contributed by atoms with Crippen LogP contribution < -0.4 is 9.47 Å². The maximum atomic E-state index is 11.0. The van der Waals surface area contributed by atoms with E-state index in [0.717, 1.165) is 0 Å². The van der Waals surface area contributed by atoms with E-state index in [1.807, 2.05) is 0 Å². The Balaban J connectivity index is 2.41. The fourth-order valence-corrected chi connectivity index (χ4v) is 2.82. The smallest absolute Gasteiger partial charge is 0.246 e. The fraction of sp³-hybridized carbons (Fsp3) is 0.400. The SMILES string of the molecule is CC1(C)Oc2cc(CS(=O)(=O)Cl)cc(Cl)c2O1. The fourth-order valence-electron chi connectivity index (χ4n) is 1.61. The van der Waals surface area contributed by atoms with Crippen LogP contribution in [-0.2, 0) is 14.8 Å². The van der Waals surface area contributed by atoms with E-state index >= 15 is 0 Å². The van der Waals surface area contributed by atoms with Crippen LogP contribution in [-0.4, -0.2) is 14.2 Å². The highest BCUT2D eigenvalue weighted by Crippen LogP contribution is 2.45. The normalized spacial score (nSPS) is 17.2. The molecule has 1 aromatic carbocycles. The van der Waals surface area contributed by atoms with Gasteiger partial charge in [0.1, 0.15) is 0 Å². The Hall–Kier alpha value is -0.650. The van der Waals surface area contributed by atoms with Crippen LogP contribution in [0.15, 0.2) is 12.1 Å². The molecule has 1 aromatic rings. The lowest BCUT2D eigenvalue weighted by Crippen LogP contribution is -2.29. The van der Waals surface area contributed by atoms with Crippen LogP contribution in [0.2, 0.25) is 5.02 Å². The second-order valence-corrected chi connectivity index (χ2v) is 7.38. The molecule has 0 amide bonds. The Kier molecular flexibility index (Phi) is 2.96. The van der Waals surface area contributed by atoms with Crippen molar-refractivity contribution in [2.45, 2.75) is 25.4 Å². The van der Waals surface area contributed by atoms with Crippen molar-refractivity contribution >= 4 is 31.3 Å². The molecule has 1 aliphatic heterocycles. The highest BCUT2D eigenvalue weighted by atomic mass is 35.7. The van der Waals surface area contributed by atoms with Crippen molar-refractivity contribution in [2.24, 2.45) is 0 Å². The maximum Gasteiger partial charge on any atom is 0.246 e. The van der Waals surface area contributed by atoms with Crippen molar-refractivity contribution in [1.29, 1.82) is 0 Å². The monoisotopic (exact) mass is 296 g/mol. The number of halogens is 2. The molecule has 0 saturated heterocycles. The standard InChI is InChI=1S/C10H10Cl2O4S/c1-10(2)15-8-4-6(5-17(12,13)14)3-7(11)9(8)16-10/h3-4H,5H2,1-2H3. The average molecular weight is 297 g/mol. The van der Waals surface area contributed by atoms with E-state index in [2.05, 4.69) is 0 Å². The molecule has 4 nitrogen and oxygen atoms in total. The van der Waals surface area contributed by atoms with Gasteiger partial charge < -0.3 is 9.47 Å². The summed E-state index contributed by atoms with van der Waals surface area (Å²) in [6.07, 6.45) is 0. The Morgan fingerprint density at radius 1 is 1.29 bits per heavy atom. The highest BCUT2D eigenvalue weighted by Gasteiger charge is 2.34. The largest absolute Gasteiger partial charge is 0.449 e. The van der Waals surface area contributed by atoms with Gasteiger partial charge >= 0.3 is 0 Å². The van der Waals surface area contributed by atoms with Gasteiger partial charge in [0.05, 0.1) is 10.8 Å². The van der Waals surface area contributed by atoms with Crippen LogP contribution in [0.5, 0.6) is 11.5 Å². The van der Waals surface area contributed by atoms with Gasteiger partial charge in [0.15, 0.2) is 11.5 Å². The number of hydrogen-bond acceptors (Lipinski definition) is 4. The molecule has 0 radical (unpaired) electrons. The molecule has 0 bridgehead atoms. The highest BCUT2D eigenvalue weighted by molar-refractivity contribution is 8.13. The lowest BCUT2D eigenvalue weighted by molar-refractivity contribution is -0.0431. The molecule has 1 heterocycles. The molecular weight excluding hydrogens is 287 g/mol. The van der Waals surface area contributed by atoms with E-state index in [1.54, 1.807) is 19.9 Å². The zero-order valence-electron chi connectivity index (χ0n) is 9.16. The molecule has 0 aromatic heterocycles. The summed E-state index contributed by atoms with van der Waals surface area (Å²) in [4.78, 5) is 0. The summed E-state index contributed by atoms with van der Waals surface area (Å²) in [5, 5.41) is 0.309. The molecule has 1 aliphatic rings.